The van der Waals surface area contributed by atoms with Gasteiger partial charge in [0.2, 0.25) is 0 Å². The molecule has 0 aliphatic carbocycles. The van der Waals surface area contributed by atoms with E-state index >= 15 is 0 Å². The van der Waals surface area contributed by atoms with Crippen LogP contribution in [0.15, 0.2) is 103 Å². The Hall–Kier alpha value is -3.41. The molecule has 0 aliphatic rings. The second kappa shape index (κ2) is 14.4. The summed E-state index contributed by atoms with van der Waals surface area (Å²) in [5, 5.41) is 14.0. The molecule has 0 unspecified atom stereocenters. The fourth-order valence-corrected chi connectivity index (χ4v) is 3.90. The van der Waals surface area contributed by atoms with Crippen LogP contribution < -0.4 is 5.32 Å². The van der Waals surface area contributed by atoms with Crippen molar-refractivity contribution in [3.05, 3.63) is 120 Å². The van der Waals surface area contributed by atoms with Gasteiger partial charge in [0.15, 0.2) is 0 Å². The smallest absolute Gasteiger partial charge is 0.407 e. The number of benzene rings is 3. The molecule has 0 radical (unpaired) electrons. The summed E-state index contributed by atoms with van der Waals surface area (Å²) in [6, 6.07) is 29.0. The first-order valence-corrected chi connectivity index (χ1v) is 12.8. The molecule has 0 heterocycles. The summed E-state index contributed by atoms with van der Waals surface area (Å²) in [6.45, 7) is 6.79. The average Bonchev–Trinajstić information content (AvgIpc) is 2.90. The first-order valence-electron chi connectivity index (χ1n) is 12.8. The molecule has 1 amide bonds. The Bertz CT molecular complexity index is 1080. The Morgan fingerprint density at radius 1 is 0.811 bits per heavy atom. The first-order chi connectivity index (χ1) is 17.8. The zero-order valence-corrected chi connectivity index (χ0v) is 22.0. The molecule has 3 rings (SSSR count). The van der Waals surface area contributed by atoms with E-state index in [1.807, 2.05) is 106 Å². The quantitative estimate of drug-likeness (QED) is 0.294. The predicted octanol–water partition coefficient (Wildman–Crippen LogP) is 6.12. The lowest BCUT2D eigenvalue weighted by Gasteiger charge is -2.25. The van der Waals surface area contributed by atoms with E-state index in [-0.39, 0.29) is 18.1 Å². The average molecular weight is 502 g/mol. The molecule has 0 spiro atoms. The van der Waals surface area contributed by atoms with Crippen LogP contribution in [-0.2, 0) is 28.9 Å². The maximum Gasteiger partial charge on any atom is 0.407 e. The number of hydrogen-bond acceptors (Lipinski definition) is 4. The topological polar surface area (TPSA) is 67.8 Å². The molecule has 196 valence electrons. The van der Waals surface area contributed by atoms with E-state index in [0.29, 0.717) is 13.0 Å². The van der Waals surface area contributed by atoms with Gasteiger partial charge in [-0.05, 0) is 50.3 Å². The zero-order valence-electron chi connectivity index (χ0n) is 22.0. The maximum atomic E-state index is 12.6. The standard InChI is InChI=1S/C32H39NO4/c1-32(2,3)37-24-28(21-25-13-7-4-8-14-25)19-20-30(34)29(22-26-15-9-5-10-16-26)33-31(35)36-23-27-17-11-6-12-18-27/h4-20,28-30,34H,21-24H2,1-3H3,(H,33,35)/t28-,29+,30-/m1/s1. The van der Waals surface area contributed by atoms with Crippen molar-refractivity contribution < 1.29 is 19.4 Å². The highest BCUT2D eigenvalue weighted by Gasteiger charge is 2.22. The van der Waals surface area contributed by atoms with Crippen LogP contribution in [0.25, 0.3) is 0 Å². The fourth-order valence-electron chi connectivity index (χ4n) is 3.90. The molecular weight excluding hydrogens is 462 g/mol. The number of amides is 1. The normalized spacial score (nSPS) is 14.2. The molecule has 2 N–H and O–H groups in total. The van der Waals surface area contributed by atoms with Gasteiger partial charge in [0.25, 0.3) is 0 Å². The van der Waals surface area contributed by atoms with Crippen molar-refractivity contribution in [2.75, 3.05) is 6.61 Å². The molecule has 0 aromatic heterocycles. The highest BCUT2D eigenvalue weighted by molar-refractivity contribution is 5.67. The second-order valence-corrected chi connectivity index (χ2v) is 10.3. The van der Waals surface area contributed by atoms with Gasteiger partial charge in [0.1, 0.15) is 6.61 Å². The van der Waals surface area contributed by atoms with Gasteiger partial charge in [-0.1, -0.05) is 103 Å². The van der Waals surface area contributed by atoms with E-state index in [9.17, 15) is 9.90 Å². The molecular formula is C32H39NO4. The van der Waals surface area contributed by atoms with E-state index in [1.165, 1.54) is 5.56 Å². The summed E-state index contributed by atoms with van der Waals surface area (Å²) in [5.41, 5.74) is 2.86. The van der Waals surface area contributed by atoms with Crippen molar-refractivity contribution >= 4 is 6.09 Å². The largest absolute Gasteiger partial charge is 0.445 e. The van der Waals surface area contributed by atoms with Gasteiger partial charge in [0.05, 0.1) is 24.4 Å². The van der Waals surface area contributed by atoms with Crippen LogP contribution in [0.2, 0.25) is 0 Å². The zero-order chi connectivity index (χ0) is 26.5. The lowest BCUT2D eigenvalue weighted by atomic mass is 9.96. The lowest BCUT2D eigenvalue weighted by Crippen LogP contribution is -2.44. The number of alkyl carbamates (subject to hydrolysis) is 1. The van der Waals surface area contributed by atoms with Crippen molar-refractivity contribution in [1.29, 1.82) is 0 Å². The second-order valence-electron chi connectivity index (χ2n) is 10.3. The fraction of sp³-hybridized carbons (Fsp3) is 0.344. The minimum absolute atomic E-state index is 0.0682. The van der Waals surface area contributed by atoms with E-state index in [0.717, 1.165) is 17.5 Å². The molecule has 3 aromatic carbocycles. The molecule has 3 atom stereocenters. The third kappa shape index (κ3) is 11.0. The third-order valence-corrected chi connectivity index (χ3v) is 5.88. The number of aliphatic hydroxyl groups excluding tert-OH is 1. The van der Waals surface area contributed by atoms with Gasteiger partial charge >= 0.3 is 6.09 Å². The molecule has 5 heteroatoms. The van der Waals surface area contributed by atoms with E-state index in [2.05, 4.69) is 17.4 Å². The highest BCUT2D eigenvalue weighted by atomic mass is 16.5. The molecule has 0 saturated heterocycles. The van der Waals surface area contributed by atoms with Crippen molar-refractivity contribution in [1.82, 2.24) is 5.32 Å². The Morgan fingerprint density at radius 3 is 1.86 bits per heavy atom. The molecule has 5 nitrogen and oxygen atoms in total. The van der Waals surface area contributed by atoms with Crippen LogP contribution >= 0.6 is 0 Å². The van der Waals surface area contributed by atoms with Gasteiger partial charge < -0.3 is 19.9 Å². The van der Waals surface area contributed by atoms with Crippen LogP contribution in [0.3, 0.4) is 0 Å². The summed E-state index contributed by atoms with van der Waals surface area (Å²) in [5.74, 6) is 0.0682. The lowest BCUT2D eigenvalue weighted by molar-refractivity contribution is -0.0153. The molecule has 3 aromatic rings. The predicted molar refractivity (Wildman–Crippen MR) is 148 cm³/mol. The molecule has 0 aliphatic heterocycles. The van der Waals surface area contributed by atoms with Crippen LogP contribution in [0.4, 0.5) is 4.79 Å². The SMILES string of the molecule is CC(C)(C)OC[C@H](C=C[C@@H](O)[C@H](Cc1ccccc1)NC(=O)OCc1ccccc1)Cc1ccccc1. The Morgan fingerprint density at radius 2 is 1.32 bits per heavy atom. The molecule has 0 saturated carbocycles. The monoisotopic (exact) mass is 501 g/mol. The van der Waals surface area contributed by atoms with Gasteiger partial charge in [-0.25, -0.2) is 4.79 Å². The van der Waals surface area contributed by atoms with Crippen LogP contribution in [0, 0.1) is 5.92 Å². The summed E-state index contributed by atoms with van der Waals surface area (Å²) in [4.78, 5) is 12.6. The summed E-state index contributed by atoms with van der Waals surface area (Å²) in [6.07, 6.45) is 3.56. The molecule has 37 heavy (non-hydrogen) atoms. The number of carbonyl (C=O) groups is 1. The van der Waals surface area contributed by atoms with Crippen molar-refractivity contribution in [2.24, 2.45) is 5.92 Å². The van der Waals surface area contributed by atoms with Gasteiger partial charge in [0, 0.05) is 5.92 Å². The van der Waals surface area contributed by atoms with Crippen LogP contribution in [-0.4, -0.2) is 35.6 Å². The van der Waals surface area contributed by atoms with E-state index < -0.39 is 18.2 Å². The van der Waals surface area contributed by atoms with Crippen molar-refractivity contribution in [2.45, 2.75) is 58.0 Å². The van der Waals surface area contributed by atoms with Crippen LogP contribution in [0.1, 0.15) is 37.5 Å². The Balaban J connectivity index is 1.69. The Labute approximate surface area is 221 Å². The van der Waals surface area contributed by atoms with E-state index in [1.54, 1.807) is 6.08 Å². The number of rotatable bonds is 12. The van der Waals surface area contributed by atoms with Gasteiger partial charge in [-0.3, -0.25) is 0 Å². The number of aliphatic hydroxyl groups is 1. The number of hydrogen-bond donors (Lipinski definition) is 2. The Kier molecular flexibility index (Phi) is 10.9. The maximum absolute atomic E-state index is 12.6. The highest BCUT2D eigenvalue weighted by Crippen LogP contribution is 2.17. The number of ether oxygens (including phenoxy) is 2. The number of nitrogens with one attached hydrogen (secondary N) is 1. The third-order valence-electron chi connectivity index (χ3n) is 5.88. The number of carbonyl (C=O) groups excluding carboxylic acids is 1. The van der Waals surface area contributed by atoms with Crippen molar-refractivity contribution in [3.63, 3.8) is 0 Å². The minimum atomic E-state index is -0.905. The van der Waals surface area contributed by atoms with Crippen LogP contribution in [0.5, 0.6) is 0 Å². The summed E-state index contributed by atoms with van der Waals surface area (Å²) in [7, 11) is 0. The molecule has 0 bridgehead atoms. The molecule has 0 fully saturated rings. The van der Waals surface area contributed by atoms with Gasteiger partial charge in [-0.2, -0.15) is 0 Å². The summed E-state index contributed by atoms with van der Waals surface area (Å²) >= 11 is 0. The van der Waals surface area contributed by atoms with Gasteiger partial charge in [-0.15, -0.1) is 0 Å². The minimum Gasteiger partial charge on any atom is -0.445 e. The van der Waals surface area contributed by atoms with E-state index in [4.69, 9.17) is 9.47 Å². The van der Waals surface area contributed by atoms with Crippen molar-refractivity contribution in [3.8, 4) is 0 Å². The first kappa shape index (κ1) is 28.2. The summed E-state index contributed by atoms with van der Waals surface area (Å²) < 4.78 is 11.5.